The third kappa shape index (κ3) is 5.30. The van der Waals surface area contributed by atoms with Crippen molar-refractivity contribution in [1.29, 1.82) is 5.26 Å². The maximum absolute atomic E-state index is 11.3. The molecule has 0 aliphatic carbocycles. The molecule has 0 N–H and O–H groups in total. The lowest BCUT2D eigenvalue weighted by molar-refractivity contribution is -0.142. The second-order valence-electron chi connectivity index (χ2n) is 5.20. The number of hydrogen-bond donors (Lipinski definition) is 0. The second kappa shape index (κ2) is 9.52. The molecule has 0 radical (unpaired) electrons. The van der Waals surface area contributed by atoms with Crippen molar-refractivity contribution in [2.24, 2.45) is 0 Å². The van der Waals surface area contributed by atoms with Gasteiger partial charge in [0.05, 0.1) is 40.9 Å². The van der Waals surface area contributed by atoms with Crippen LogP contribution in [0.5, 0.6) is 11.5 Å². The summed E-state index contributed by atoms with van der Waals surface area (Å²) in [5.41, 5.74) is 1.56. The molecule has 27 heavy (non-hydrogen) atoms. The van der Waals surface area contributed by atoms with E-state index in [2.05, 4.69) is 10.8 Å². The number of methoxy groups -OCH3 is 2. The van der Waals surface area contributed by atoms with Crippen LogP contribution < -0.4 is 9.47 Å². The molecule has 5 nitrogen and oxygen atoms in total. The molecule has 0 amide bonds. The summed E-state index contributed by atoms with van der Waals surface area (Å²) in [6, 6.07) is 10.2. The van der Waals surface area contributed by atoms with Crippen molar-refractivity contribution >= 4 is 52.4 Å². The minimum Gasteiger partial charge on any atom is -0.493 e. The van der Waals surface area contributed by atoms with Crippen LogP contribution in [0.1, 0.15) is 11.1 Å². The molecule has 2 aromatic rings. The quantitative estimate of drug-likeness (QED) is 0.357. The number of allylic oxidation sites excluding steroid dienone is 1. The zero-order chi connectivity index (χ0) is 20.0. The molecule has 2 aromatic carbocycles. The van der Waals surface area contributed by atoms with E-state index < -0.39 is 5.97 Å². The number of benzene rings is 2. The Bertz CT molecular complexity index is 935. The van der Waals surface area contributed by atoms with Crippen molar-refractivity contribution in [3.05, 3.63) is 56.5 Å². The minimum absolute atomic E-state index is 0.203. The van der Waals surface area contributed by atoms with Crippen LogP contribution in [-0.4, -0.2) is 26.8 Å². The van der Waals surface area contributed by atoms with Gasteiger partial charge in [-0.3, -0.25) is 0 Å². The van der Waals surface area contributed by atoms with Gasteiger partial charge in [0.2, 0.25) is 0 Å². The van der Waals surface area contributed by atoms with Gasteiger partial charge in [0.15, 0.2) is 18.1 Å². The molecule has 0 saturated heterocycles. The number of hydrogen-bond acceptors (Lipinski definition) is 5. The Balaban J connectivity index is 2.41. The average molecular weight is 427 g/mol. The molecule has 0 fully saturated rings. The zero-order valence-corrected chi connectivity index (χ0v) is 16.7. The van der Waals surface area contributed by atoms with Gasteiger partial charge < -0.3 is 14.2 Å². The van der Waals surface area contributed by atoms with Crippen molar-refractivity contribution in [3.8, 4) is 17.6 Å². The first-order chi connectivity index (χ1) is 12.9. The molecular weight excluding hydrogens is 413 g/mol. The predicted octanol–water partition coefficient (Wildman–Crippen LogP) is 5.27. The Morgan fingerprint density at radius 3 is 2.44 bits per heavy atom. The number of esters is 1. The third-order valence-corrected chi connectivity index (χ3v) is 4.50. The number of nitrogens with zero attached hydrogens (tertiary/aromatic N) is 1. The van der Waals surface area contributed by atoms with Crippen LogP contribution in [0, 0.1) is 11.3 Å². The van der Waals surface area contributed by atoms with E-state index in [1.54, 1.807) is 36.4 Å². The van der Waals surface area contributed by atoms with E-state index in [9.17, 15) is 10.1 Å². The van der Waals surface area contributed by atoms with E-state index in [1.807, 2.05) is 0 Å². The molecule has 0 bridgehead atoms. The van der Waals surface area contributed by atoms with Gasteiger partial charge in [0.25, 0.3) is 0 Å². The van der Waals surface area contributed by atoms with Gasteiger partial charge in [-0.2, -0.15) is 5.26 Å². The van der Waals surface area contributed by atoms with Crippen molar-refractivity contribution < 1.29 is 19.0 Å². The van der Waals surface area contributed by atoms with Crippen molar-refractivity contribution in [2.45, 2.75) is 0 Å². The highest BCUT2D eigenvalue weighted by molar-refractivity contribution is 6.42. The molecule has 0 unspecified atom stereocenters. The van der Waals surface area contributed by atoms with Gasteiger partial charge in [0, 0.05) is 0 Å². The van der Waals surface area contributed by atoms with E-state index in [0.29, 0.717) is 32.5 Å². The molecule has 2 rings (SSSR count). The topological polar surface area (TPSA) is 68.5 Å². The van der Waals surface area contributed by atoms with E-state index >= 15 is 0 Å². The number of nitriles is 1. The molecule has 0 atom stereocenters. The Morgan fingerprint density at radius 1 is 1.11 bits per heavy atom. The maximum atomic E-state index is 11.3. The number of carbonyl (C=O) groups is 1. The summed E-state index contributed by atoms with van der Waals surface area (Å²) in [4.78, 5) is 11.3. The SMILES string of the molecule is COC(=O)COc1c(Cl)cc(/C=C(/C#N)c2ccc(Cl)c(Cl)c2)cc1OC. The normalized spacial score (nSPS) is 10.9. The Labute approximate surface area is 171 Å². The fourth-order valence-corrected chi connectivity index (χ4v) is 2.74. The van der Waals surface area contributed by atoms with Crippen LogP contribution in [-0.2, 0) is 9.53 Å². The van der Waals surface area contributed by atoms with E-state index in [1.165, 1.54) is 14.2 Å². The molecule has 140 valence electrons. The number of ether oxygens (including phenoxy) is 3. The largest absolute Gasteiger partial charge is 0.493 e. The van der Waals surface area contributed by atoms with Gasteiger partial charge in [0.1, 0.15) is 0 Å². The summed E-state index contributed by atoms with van der Waals surface area (Å²) in [5.74, 6) is -0.0395. The van der Waals surface area contributed by atoms with Crippen molar-refractivity contribution in [1.82, 2.24) is 0 Å². The second-order valence-corrected chi connectivity index (χ2v) is 6.42. The van der Waals surface area contributed by atoms with E-state index in [0.717, 1.165) is 0 Å². The van der Waals surface area contributed by atoms with Gasteiger partial charge in [-0.05, 0) is 41.5 Å². The maximum Gasteiger partial charge on any atom is 0.343 e. The molecular formula is C19H14Cl3NO4. The van der Waals surface area contributed by atoms with E-state index in [-0.39, 0.29) is 17.4 Å². The minimum atomic E-state index is -0.552. The molecule has 0 spiro atoms. The van der Waals surface area contributed by atoms with Crippen molar-refractivity contribution in [2.75, 3.05) is 20.8 Å². The Morgan fingerprint density at radius 2 is 1.85 bits per heavy atom. The lowest BCUT2D eigenvalue weighted by Crippen LogP contribution is -2.13. The summed E-state index contributed by atoms with van der Waals surface area (Å²) in [6.45, 7) is -0.311. The lowest BCUT2D eigenvalue weighted by Gasteiger charge is -2.13. The molecule has 0 heterocycles. The Hall–Kier alpha value is -2.39. The summed E-state index contributed by atoms with van der Waals surface area (Å²) < 4.78 is 15.2. The van der Waals surface area contributed by atoms with Gasteiger partial charge in [-0.15, -0.1) is 0 Å². The van der Waals surface area contributed by atoms with Crippen LogP contribution in [0.4, 0.5) is 0 Å². The molecule has 0 aromatic heterocycles. The fraction of sp³-hybridized carbons (Fsp3) is 0.158. The van der Waals surface area contributed by atoms with Gasteiger partial charge >= 0.3 is 5.97 Å². The average Bonchev–Trinajstić information content (AvgIpc) is 2.66. The van der Waals surface area contributed by atoms with Crippen LogP contribution >= 0.6 is 34.8 Å². The standard InChI is InChI=1S/C19H14Cl3NO4/c1-25-17-7-11(6-16(22)19(17)27-10-18(24)26-2)5-13(9-23)12-3-4-14(20)15(21)8-12/h3-8H,10H2,1-2H3/b13-5-. The fourth-order valence-electron chi connectivity index (χ4n) is 2.16. The molecule has 0 saturated carbocycles. The first-order valence-electron chi connectivity index (χ1n) is 7.54. The Kier molecular flexibility index (Phi) is 7.37. The summed E-state index contributed by atoms with van der Waals surface area (Å²) >= 11 is 18.2. The smallest absolute Gasteiger partial charge is 0.343 e. The molecule has 0 aliphatic rings. The number of halogens is 3. The highest BCUT2D eigenvalue weighted by Gasteiger charge is 2.14. The van der Waals surface area contributed by atoms with Crippen LogP contribution in [0.3, 0.4) is 0 Å². The number of carbonyl (C=O) groups excluding carboxylic acids is 1. The molecule has 8 heteroatoms. The monoisotopic (exact) mass is 425 g/mol. The highest BCUT2D eigenvalue weighted by atomic mass is 35.5. The summed E-state index contributed by atoms with van der Waals surface area (Å²) in [6.07, 6.45) is 1.62. The van der Waals surface area contributed by atoms with Crippen LogP contribution in [0.25, 0.3) is 11.6 Å². The molecule has 0 aliphatic heterocycles. The highest BCUT2D eigenvalue weighted by Crippen LogP contribution is 2.37. The van der Waals surface area contributed by atoms with E-state index in [4.69, 9.17) is 44.3 Å². The summed E-state index contributed by atoms with van der Waals surface area (Å²) in [5, 5.41) is 10.5. The van der Waals surface area contributed by atoms with Crippen LogP contribution in [0.2, 0.25) is 15.1 Å². The van der Waals surface area contributed by atoms with Crippen LogP contribution in [0.15, 0.2) is 30.3 Å². The predicted molar refractivity (Wildman–Crippen MR) is 105 cm³/mol. The summed E-state index contributed by atoms with van der Waals surface area (Å²) in [7, 11) is 2.69. The van der Waals surface area contributed by atoms with Crippen molar-refractivity contribution in [3.63, 3.8) is 0 Å². The number of rotatable bonds is 6. The zero-order valence-electron chi connectivity index (χ0n) is 14.4. The first kappa shape index (κ1) is 20.9. The third-order valence-electron chi connectivity index (χ3n) is 3.48. The van der Waals surface area contributed by atoms with Gasteiger partial charge in [-0.25, -0.2) is 4.79 Å². The lowest BCUT2D eigenvalue weighted by atomic mass is 10.0. The van der Waals surface area contributed by atoms with Gasteiger partial charge in [-0.1, -0.05) is 40.9 Å². The first-order valence-corrected chi connectivity index (χ1v) is 8.67.